The average molecular weight is 338 g/mol. The van der Waals surface area contributed by atoms with Gasteiger partial charge in [-0.1, -0.05) is 0 Å². The maximum absolute atomic E-state index is 13.2. The van der Waals surface area contributed by atoms with Crippen molar-refractivity contribution < 1.29 is 13.6 Å². The molecule has 0 atom stereocenters. The number of hydrogen-bond acceptors (Lipinski definition) is 2. The van der Waals surface area contributed by atoms with Crippen LogP contribution < -0.4 is 11.1 Å². The highest BCUT2D eigenvalue weighted by molar-refractivity contribution is 14.1. The Hall–Kier alpha value is -0.760. The molecule has 0 spiro atoms. The van der Waals surface area contributed by atoms with Crippen LogP contribution in [0.25, 0.3) is 0 Å². The van der Waals surface area contributed by atoms with Gasteiger partial charge in [-0.2, -0.15) is 0 Å². The summed E-state index contributed by atoms with van der Waals surface area (Å²) in [5.74, 6) is -1.79. The number of benzene rings is 1. The summed E-state index contributed by atoms with van der Waals surface area (Å²) in [5, 5.41) is 2.41. The van der Waals surface area contributed by atoms with E-state index in [-0.39, 0.29) is 9.26 Å². The number of nitrogens with one attached hydrogen (secondary N) is 1. The van der Waals surface area contributed by atoms with Gasteiger partial charge >= 0.3 is 0 Å². The molecule has 3 nitrogen and oxygen atoms in total. The van der Waals surface area contributed by atoms with E-state index in [1.165, 1.54) is 0 Å². The Morgan fingerprint density at radius 3 is 2.31 bits per heavy atom. The molecule has 1 aliphatic rings. The van der Waals surface area contributed by atoms with Crippen molar-refractivity contribution in [1.29, 1.82) is 0 Å². The van der Waals surface area contributed by atoms with E-state index >= 15 is 0 Å². The first kappa shape index (κ1) is 11.7. The second-order valence-corrected chi connectivity index (χ2v) is 4.94. The fourth-order valence-corrected chi connectivity index (χ4v) is 1.56. The van der Waals surface area contributed by atoms with Crippen molar-refractivity contribution in [2.75, 3.05) is 5.32 Å². The van der Waals surface area contributed by atoms with E-state index in [9.17, 15) is 13.6 Å². The largest absolute Gasteiger partial charge is 0.324 e. The highest BCUT2D eigenvalue weighted by Crippen LogP contribution is 2.33. The summed E-state index contributed by atoms with van der Waals surface area (Å²) >= 11 is 1.56. The molecule has 1 saturated carbocycles. The van der Waals surface area contributed by atoms with Gasteiger partial charge in [0.05, 0.1) is 9.11 Å². The Morgan fingerprint density at radius 2 is 1.88 bits per heavy atom. The number of carbonyl (C=O) groups is 1. The van der Waals surface area contributed by atoms with Crippen molar-refractivity contribution in [3.05, 3.63) is 27.3 Å². The molecular weight excluding hydrogens is 329 g/mol. The Kier molecular flexibility index (Phi) is 2.87. The topological polar surface area (TPSA) is 55.1 Å². The number of hydrogen-bond donors (Lipinski definition) is 2. The number of rotatable bonds is 2. The Bertz CT molecular complexity index is 437. The second kappa shape index (κ2) is 3.92. The summed E-state index contributed by atoms with van der Waals surface area (Å²) in [6.45, 7) is 0. The molecule has 0 heterocycles. The molecule has 1 aliphatic carbocycles. The van der Waals surface area contributed by atoms with Gasteiger partial charge in [0.15, 0.2) is 0 Å². The van der Waals surface area contributed by atoms with Gasteiger partial charge in [0, 0.05) is 5.69 Å². The summed E-state index contributed by atoms with van der Waals surface area (Å²) in [6.07, 6.45) is 1.21. The van der Waals surface area contributed by atoms with Gasteiger partial charge in [-0.3, -0.25) is 4.79 Å². The zero-order valence-corrected chi connectivity index (χ0v) is 10.3. The fraction of sp³-hybridized carbons (Fsp3) is 0.300. The molecule has 0 saturated heterocycles. The van der Waals surface area contributed by atoms with E-state index in [2.05, 4.69) is 5.32 Å². The number of amides is 1. The minimum Gasteiger partial charge on any atom is -0.324 e. The van der Waals surface area contributed by atoms with Gasteiger partial charge in [0.1, 0.15) is 11.6 Å². The quantitative estimate of drug-likeness (QED) is 0.640. The molecule has 2 rings (SSSR count). The van der Waals surface area contributed by atoms with E-state index in [1.54, 1.807) is 22.6 Å². The Morgan fingerprint density at radius 1 is 1.38 bits per heavy atom. The van der Waals surface area contributed by atoms with Gasteiger partial charge in [-0.25, -0.2) is 8.78 Å². The predicted octanol–water partition coefficient (Wildman–Crippen LogP) is 2.00. The third kappa shape index (κ3) is 2.17. The normalized spacial score (nSPS) is 17.0. The monoisotopic (exact) mass is 338 g/mol. The highest BCUT2D eigenvalue weighted by atomic mass is 127. The van der Waals surface area contributed by atoms with E-state index in [4.69, 9.17) is 5.73 Å². The molecule has 3 N–H and O–H groups in total. The molecule has 0 aromatic heterocycles. The number of carbonyl (C=O) groups excluding carboxylic acids is 1. The lowest BCUT2D eigenvalue weighted by atomic mass is 10.2. The van der Waals surface area contributed by atoms with Crippen LogP contribution in [-0.4, -0.2) is 11.4 Å². The first-order valence-electron chi connectivity index (χ1n) is 4.67. The van der Waals surface area contributed by atoms with Gasteiger partial charge < -0.3 is 11.1 Å². The van der Waals surface area contributed by atoms with Crippen molar-refractivity contribution in [1.82, 2.24) is 0 Å². The second-order valence-electron chi connectivity index (χ2n) is 3.86. The maximum Gasteiger partial charge on any atom is 0.244 e. The first-order chi connectivity index (χ1) is 7.42. The lowest BCUT2D eigenvalue weighted by Crippen LogP contribution is -2.37. The molecular formula is C10H9F2IN2O. The van der Waals surface area contributed by atoms with Crippen LogP contribution >= 0.6 is 22.6 Å². The van der Waals surface area contributed by atoms with Crippen molar-refractivity contribution in [3.63, 3.8) is 0 Å². The molecule has 86 valence electrons. The van der Waals surface area contributed by atoms with Crippen LogP contribution in [0.3, 0.4) is 0 Å². The molecule has 0 aliphatic heterocycles. The minimum atomic E-state index is -0.851. The molecule has 1 fully saturated rings. The van der Waals surface area contributed by atoms with Gasteiger partial charge in [-0.15, -0.1) is 0 Å². The standard InChI is InChI=1S/C10H9F2IN2O/c11-6-3-5(4-7(12)8(6)13)15-9(16)10(14)1-2-10/h3-4H,1-2,14H2,(H,15,16). The van der Waals surface area contributed by atoms with Crippen LogP contribution in [0.2, 0.25) is 0 Å². The van der Waals surface area contributed by atoms with Crippen LogP contribution in [0.4, 0.5) is 14.5 Å². The highest BCUT2D eigenvalue weighted by Gasteiger charge is 2.45. The predicted molar refractivity (Wildman–Crippen MR) is 63.9 cm³/mol. The minimum absolute atomic E-state index is 0.0931. The SMILES string of the molecule is NC1(C(=O)Nc2cc(F)c(I)c(F)c2)CC1. The van der Waals surface area contributed by atoms with E-state index in [1.807, 2.05) is 0 Å². The summed E-state index contributed by atoms with van der Waals surface area (Å²) in [6, 6.07) is 2.16. The van der Waals surface area contributed by atoms with E-state index < -0.39 is 23.1 Å². The summed E-state index contributed by atoms with van der Waals surface area (Å²) < 4.78 is 26.3. The molecule has 16 heavy (non-hydrogen) atoms. The van der Waals surface area contributed by atoms with Crippen molar-refractivity contribution in [2.24, 2.45) is 5.73 Å². The van der Waals surface area contributed by atoms with E-state index in [0.29, 0.717) is 12.8 Å². The van der Waals surface area contributed by atoms with Crippen molar-refractivity contribution in [3.8, 4) is 0 Å². The molecule has 0 radical (unpaired) electrons. The number of halogens is 3. The summed E-state index contributed by atoms with van der Waals surface area (Å²) in [4.78, 5) is 11.5. The third-order valence-corrected chi connectivity index (χ3v) is 3.51. The van der Waals surface area contributed by atoms with Crippen LogP contribution in [-0.2, 0) is 4.79 Å². The fourth-order valence-electron chi connectivity index (χ4n) is 1.24. The number of anilines is 1. The number of nitrogens with two attached hydrogens (primary N) is 1. The van der Waals surface area contributed by atoms with Crippen LogP contribution in [0.1, 0.15) is 12.8 Å². The Labute approximate surface area is 105 Å². The van der Waals surface area contributed by atoms with Gasteiger partial charge in [0.2, 0.25) is 5.91 Å². The smallest absolute Gasteiger partial charge is 0.244 e. The Balaban J connectivity index is 2.19. The molecule has 0 bridgehead atoms. The summed E-state index contributed by atoms with van der Waals surface area (Å²) in [5.41, 5.74) is 4.89. The van der Waals surface area contributed by atoms with Gasteiger partial charge in [-0.05, 0) is 47.6 Å². The zero-order valence-electron chi connectivity index (χ0n) is 8.19. The van der Waals surface area contributed by atoms with Crippen molar-refractivity contribution >= 4 is 34.2 Å². The lowest BCUT2D eigenvalue weighted by molar-refractivity contribution is -0.118. The van der Waals surface area contributed by atoms with Crippen LogP contribution in [0, 0.1) is 15.2 Å². The van der Waals surface area contributed by atoms with Gasteiger partial charge in [0.25, 0.3) is 0 Å². The van der Waals surface area contributed by atoms with Crippen LogP contribution in [0.15, 0.2) is 12.1 Å². The molecule has 6 heteroatoms. The molecule has 1 amide bonds. The summed E-state index contributed by atoms with van der Waals surface area (Å²) in [7, 11) is 0. The van der Waals surface area contributed by atoms with Crippen molar-refractivity contribution in [2.45, 2.75) is 18.4 Å². The lowest BCUT2D eigenvalue weighted by Gasteiger charge is -2.10. The molecule has 1 aromatic rings. The van der Waals surface area contributed by atoms with E-state index in [0.717, 1.165) is 12.1 Å². The maximum atomic E-state index is 13.2. The molecule has 1 aromatic carbocycles. The first-order valence-corrected chi connectivity index (χ1v) is 5.75. The average Bonchev–Trinajstić information content (AvgIpc) is 2.94. The zero-order chi connectivity index (χ0) is 11.9. The molecule has 0 unspecified atom stereocenters. The third-order valence-electron chi connectivity index (χ3n) is 2.48. The van der Waals surface area contributed by atoms with Crippen LogP contribution in [0.5, 0.6) is 0 Å².